The predicted molar refractivity (Wildman–Crippen MR) is 125 cm³/mol. The van der Waals surface area contributed by atoms with Gasteiger partial charge in [0.2, 0.25) is 11.0 Å². The van der Waals surface area contributed by atoms with Gasteiger partial charge in [-0.2, -0.15) is 4.37 Å². The Balaban J connectivity index is 0.00000280. The average molecular weight is 521 g/mol. The number of nitrogens with zero attached hydrogens (tertiary/aromatic N) is 5. The first kappa shape index (κ1) is 23.1. The van der Waals surface area contributed by atoms with E-state index in [1.807, 2.05) is 7.05 Å². The van der Waals surface area contributed by atoms with Gasteiger partial charge in [-0.1, -0.05) is 13.3 Å². The molecular weight excluding hydrogens is 489 g/mol. The number of rotatable bonds is 7. The van der Waals surface area contributed by atoms with Crippen LogP contribution >= 0.6 is 35.5 Å². The van der Waals surface area contributed by atoms with Crippen LogP contribution in [0, 0.1) is 5.92 Å². The van der Waals surface area contributed by atoms with Crippen LogP contribution < -0.4 is 15.5 Å². The largest absolute Gasteiger partial charge is 0.356 e. The normalized spacial score (nSPS) is 17.7. The molecule has 1 aromatic rings. The van der Waals surface area contributed by atoms with E-state index in [4.69, 9.17) is 0 Å². The molecule has 1 saturated carbocycles. The second kappa shape index (κ2) is 11.7. The summed E-state index contributed by atoms with van der Waals surface area (Å²) in [5.41, 5.74) is 0. The lowest BCUT2D eigenvalue weighted by molar-refractivity contribution is -0.127. The van der Waals surface area contributed by atoms with Crippen LogP contribution in [0.4, 0.5) is 5.13 Å². The number of nitrogens with one attached hydrogen (secondary N) is 2. The molecule has 1 aliphatic carbocycles. The zero-order valence-corrected chi connectivity index (χ0v) is 20.0. The summed E-state index contributed by atoms with van der Waals surface area (Å²) in [4.78, 5) is 25.4. The number of guanidine groups is 1. The second-order valence-electron chi connectivity index (χ2n) is 7.07. The predicted octanol–water partition coefficient (Wildman–Crippen LogP) is 1.72. The minimum absolute atomic E-state index is 0. The quantitative estimate of drug-likeness (QED) is 0.246. The van der Waals surface area contributed by atoms with Crippen molar-refractivity contribution in [1.29, 1.82) is 0 Å². The number of aliphatic imine (C=N–C) groups is 1. The van der Waals surface area contributed by atoms with Gasteiger partial charge in [0.15, 0.2) is 5.96 Å². The van der Waals surface area contributed by atoms with Gasteiger partial charge in [0, 0.05) is 70.2 Å². The number of carbonyl (C=O) groups excluding carboxylic acids is 1. The molecule has 0 bridgehead atoms. The Morgan fingerprint density at radius 2 is 1.93 bits per heavy atom. The molecule has 2 fully saturated rings. The van der Waals surface area contributed by atoms with Crippen molar-refractivity contribution in [2.24, 2.45) is 10.9 Å². The van der Waals surface area contributed by atoms with Crippen LogP contribution in [0.3, 0.4) is 0 Å². The van der Waals surface area contributed by atoms with E-state index in [2.05, 4.69) is 41.7 Å². The lowest BCUT2D eigenvalue weighted by atomic mass is 9.85. The SMILES string of the molecule is CCc1nsc(N2CCN(C(=NC)NCCCNC(=O)C3CCC3)CC2)n1.I. The molecule has 2 N–H and O–H groups in total. The molecule has 28 heavy (non-hydrogen) atoms. The van der Waals surface area contributed by atoms with Gasteiger partial charge in [0.25, 0.3) is 0 Å². The number of aromatic nitrogens is 2. The van der Waals surface area contributed by atoms with Crippen molar-refractivity contribution in [1.82, 2.24) is 24.9 Å². The van der Waals surface area contributed by atoms with E-state index >= 15 is 0 Å². The molecule has 158 valence electrons. The maximum Gasteiger partial charge on any atom is 0.223 e. The Bertz CT molecular complexity index is 642. The van der Waals surface area contributed by atoms with Gasteiger partial charge in [-0.3, -0.25) is 9.79 Å². The number of carbonyl (C=O) groups is 1. The Hall–Kier alpha value is -1.17. The van der Waals surface area contributed by atoms with Crippen LogP contribution in [0.2, 0.25) is 0 Å². The minimum Gasteiger partial charge on any atom is -0.356 e. The van der Waals surface area contributed by atoms with Gasteiger partial charge < -0.3 is 20.4 Å². The standard InChI is InChI=1S/C18H31N7OS.HI/c1-3-15-22-18(27-23-15)25-12-10-24(11-13-25)17(19-2)21-9-5-8-20-16(26)14-6-4-7-14;/h14H,3-13H2,1-2H3,(H,19,21)(H,20,26);1H. The van der Waals surface area contributed by atoms with Gasteiger partial charge in [-0.05, 0) is 19.3 Å². The topological polar surface area (TPSA) is 85.8 Å². The molecule has 2 heterocycles. The smallest absolute Gasteiger partial charge is 0.223 e. The fourth-order valence-corrected chi connectivity index (χ4v) is 4.07. The lowest BCUT2D eigenvalue weighted by Crippen LogP contribution is -2.52. The van der Waals surface area contributed by atoms with Gasteiger partial charge in [0.05, 0.1) is 0 Å². The summed E-state index contributed by atoms with van der Waals surface area (Å²) in [6, 6.07) is 0. The highest BCUT2D eigenvalue weighted by Crippen LogP contribution is 2.26. The van der Waals surface area contributed by atoms with Crippen LogP contribution in [0.1, 0.15) is 38.4 Å². The van der Waals surface area contributed by atoms with Crippen molar-refractivity contribution < 1.29 is 4.79 Å². The van der Waals surface area contributed by atoms with Crippen molar-refractivity contribution in [3.63, 3.8) is 0 Å². The fourth-order valence-electron chi connectivity index (χ4n) is 3.27. The van der Waals surface area contributed by atoms with Crippen molar-refractivity contribution in [2.75, 3.05) is 51.2 Å². The highest BCUT2D eigenvalue weighted by molar-refractivity contribution is 14.0. The van der Waals surface area contributed by atoms with Crippen molar-refractivity contribution in [2.45, 2.75) is 39.0 Å². The van der Waals surface area contributed by atoms with Crippen LogP contribution in [0.25, 0.3) is 0 Å². The number of aryl methyl sites for hydroxylation is 1. The van der Waals surface area contributed by atoms with Gasteiger partial charge in [-0.15, -0.1) is 24.0 Å². The van der Waals surface area contributed by atoms with Gasteiger partial charge in [-0.25, -0.2) is 4.98 Å². The maximum absolute atomic E-state index is 11.8. The molecule has 0 atom stereocenters. The molecule has 1 aliphatic heterocycles. The van der Waals surface area contributed by atoms with Crippen molar-refractivity contribution >= 4 is 52.5 Å². The molecule has 2 aliphatic rings. The van der Waals surface area contributed by atoms with E-state index < -0.39 is 0 Å². The summed E-state index contributed by atoms with van der Waals surface area (Å²) < 4.78 is 4.38. The zero-order chi connectivity index (χ0) is 19.1. The Morgan fingerprint density at radius 1 is 1.21 bits per heavy atom. The van der Waals surface area contributed by atoms with Crippen LogP contribution in [-0.2, 0) is 11.2 Å². The van der Waals surface area contributed by atoms with Gasteiger partial charge >= 0.3 is 0 Å². The summed E-state index contributed by atoms with van der Waals surface area (Å²) in [5, 5.41) is 7.48. The third kappa shape index (κ3) is 6.16. The average Bonchev–Trinajstić information content (AvgIpc) is 3.13. The molecule has 0 spiro atoms. The van der Waals surface area contributed by atoms with E-state index in [0.717, 1.165) is 81.9 Å². The first-order valence-corrected chi connectivity index (χ1v) is 10.8. The van der Waals surface area contributed by atoms with E-state index in [-0.39, 0.29) is 35.8 Å². The molecule has 0 unspecified atom stereocenters. The maximum atomic E-state index is 11.8. The highest BCUT2D eigenvalue weighted by atomic mass is 127. The molecule has 10 heteroatoms. The second-order valence-corrected chi connectivity index (χ2v) is 7.80. The monoisotopic (exact) mass is 521 g/mol. The third-order valence-corrected chi connectivity index (χ3v) is 6.06. The number of hydrogen-bond acceptors (Lipinski definition) is 6. The Morgan fingerprint density at radius 3 is 2.50 bits per heavy atom. The fraction of sp³-hybridized carbons (Fsp3) is 0.778. The van der Waals surface area contributed by atoms with E-state index in [1.165, 1.54) is 18.0 Å². The summed E-state index contributed by atoms with van der Waals surface area (Å²) >= 11 is 1.49. The molecule has 0 radical (unpaired) electrons. The molecule has 1 saturated heterocycles. The number of anilines is 1. The van der Waals surface area contributed by atoms with E-state index in [9.17, 15) is 4.79 Å². The number of piperazine rings is 1. The summed E-state index contributed by atoms with van der Waals surface area (Å²) in [6.45, 7) is 7.31. The first-order chi connectivity index (χ1) is 13.2. The highest BCUT2D eigenvalue weighted by Gasteiger charge is 2.24. The molecule has 0 aromatic carbocycles. The molecular formula is C18H32IN7OS. The molecule has 1 amide bonds. The van der Waals surface area contributed by atoms with Crippen LogP contribution in [0.15, 0.2) is 4.99 Å². The van der Waals surface area contributed by atoms with Gasteiger partial charge in [0.1, 0.15) is 5.82 Å². The third-order valence-electron chi connectivity index (χ3n) is 5.25. The number of amides is 1. The first-order valence-electron chi connectivity index (χ1n) is 10.0. The Labute approximate surface area is 188 Å². The minimum atomic E-state index is 0. The van der Waals surface area contributed by atoms with E-state index in [0.29, 0.717) is 0 Å². The number of hydrogen-bond donors (Lipinski definition) is 2. The molecule has 8 nitrogen and oxygen atoms in total. The number of halogens is 1. The van der Waals surface area contributed by atoms with E-state index in [1.54, 1.807) is 0 Å². The zero-order valence-electron chi connectivity index (χ0n) is 16.8. The molecule has 1 aromatic heterocycles. The summed E-state index contributed by atoms with van der Waals surface area (Å²) in [7, 11) is 1.82. The van der Waals surface area contributed by atoms with Crippen molar-refractivity contribution in [3.05, 3.63) is 5.82 Å². The van der Waals surface area contributed by atoms with Crippen LogP contribution in [0.5, 0.6) is 0 Å². The molecule has 3 rings (SSSR count). The summed E-state index contributed by atoms with van der Waals surface area (Å²) in [5.74, 6) is 2.36. The van der Waals surface area contributed by atoms with Crippen molar-refractivity contribution in [3.8, 4) is 0 Å². The lowest BCUT2D eigenvalue weighted by Gasteiger charge is -2.36. The van der Waals surface area contributed by atoms with Crippen LogP contribution in [-0.4, -0.2) is 72.4 Å². The Kier molecular flexibility index (Phi) is 9.69. The summed E-state index contributed by atoms with van der Waals surface area (Å²) in [6.07, 6.45) is 5.09.